The van der Waals surface area contributed by atoms with Crippen LogP contribution in [0.3, 0.4) is 0 Å². The third-order valence-corrected chi connectivity index (χ3v) is 9.48. The van der Waals surface area contributed by atoms with Gasteiger partial charge in [0.05, 0.1) is 22.7 Å². The molecule has 4 aromatic rings. The Morgan fingerprint density at radius 3 is 2.33 bits per heavy atom. The van der Waals surface area contributed by atoms with Gasteiger partial charge in [-0.25, -0.2) is 13.4 Å². The van der Waals surface area contributed by atoms with Crippen molar-refractivity contribution < 1.29 is 17.9 Å². The van der Waals surface area contributed by atoms with Gasteiger partial charge in [-0.2, -0.15) is 9.40 Å². The van der Waals surface area contributed by atoms with Gasteiger partial charge in [0.2, 0.25) is 10.0 Å². The number of hydrogen-bond acceptors (Lipinski definition) is 7. The molecular weight excluding hydrogens is 546 g/mol. The lowest BCUT2D eigenvalue weighted by Gasteiger charge is -2.22. The topological polar surface area (TPSA) is 97.6 Å². The molecule has 0 saturated heterocycles. The summed E-state index contributed by atoms with van der Waals surface area (Å²) >= 11 is 1.41. The van der Waals surface area contributed by atoms with Crippen molar-refractivity contribution in [2.75, 3.05) is 31.1 Å². The quantitative estimate of drug-likeness (QED) is 0.175. The number of aromatic nitrogens is 3. The maximum absolute atomic E-state index is 13.8. The van der Waals surface area contributed by atoms with Crippen LogP contribution in [0.5, 0.6) is 5.75 Å². The van der Waals surface area contributed by atoms with Gasteiger partial charge in [-0.15, -0.1) is 0 Å². The Morgan fingerprint density at radius 2 is 1.70 bits per heavy atom. The highest BCUT2D eigenvalue weighted by molar-refractivity contribution is 7.89. The number of fused-ring (bicyclic) bond motifs is 1. The number of para-hydroxylation sites is 1. The first-order valence-corrected chi connectivity index (χ1v) is 16.1. The summed E-state index contributed by atoms with van der Waals surface area (Å²) in [6.07, 6.45) is 6.98. The highest BCUT2D eigenvalue weighted by atomic mass is 32.2. The second kappa shape index (κ2) is 13.9. The molecule has 1 amide bonds. The fraction of sp³-hybridized carbons (Fsp3) is 0.414. The molecule has 0 unspecified atom stereocenters. The lowest BCUT2D eigenvalue weighted by atomic mass is 10.2. The highest BCUT2D eigenvalue weighted by Crippen LogP contribution is 2.35. The Kier molecular flexibility index (Phi) is 10.3. The summed E-state index contributed by atoms with van der Waals surface area (Å²) in [4.78, 5) is 20.4. The number of carbonyl (C=O) groups is 1. The number of thiazole rings is 1. The first-order chi connectivity index (χ1) is 19.4. The van der Waals surface area contributed by atoms with E-state index in [1.54, 1.807) is 32.2 Å². The Morgan fingerprint density at radius 1 is 0.975 bits per heavy atom. The van der Waals surface area contributed by atoms with Crippen LogP contribution in [-0.4, -0.2) is 59.6 Å². The van der Waals surface area contributed by atoms with Crippen LogP contribution in [-0.2, 0) is 16.6 Å². The zero-order valence-corrected chi connectivity index (χ0v) is 25.0. The van der Waals surface area contributed by atoms with Gasteiger partial charge in [-0.3, -0.25) is 14.4 Å². The van der Waals surface area contributed by atoms with Gasteiger partial charge in [0, 0.05) is 37.6 Å². The zero-order chi connectivity index (χ0) is 28.5. The molecule has 0 atom stereocenters. The van der Waals surface area contributed by atoms with E-state index in [2.05, 4.69) is 5.10 Å². The van der Waals surface area contributed by atoms with Crippen LogP contribution in [0.15, 0.2) is 65.8 Å². The predicted octanol–water partition coefficient (Wildman–Crippen LogP) is 5.83. The third kappa shape index (κ3) is 6.89. The largest absolute Gasteiger partial charge is 0.492 e. The van der Waals surface area contributed by atoms with Gasteiger partial charge in [-0.05, 0) is 62.2 Å². The minimum Gasteiger partial charge on any atom is -0.492 e. The van der Waals surface area contributed by atoms with Gasteiger partial charge in [0.25, 0.3) is 5.91 Å². The van der Waals surface area contributed by atoms with Crippen LogP contribution in [0.1, 0.15) is 56.8 Å². The van der Waals surface area contributed by atoms with Gasteiger partial charge in [-0.1, -0.05) is 44.1 Å². The number of amides is 1. The molecule has 0 bridgehead atoms. The van der Waals surface area contributed by atoms with Crippen molar-refractivity contribution in [2.45, 2.75) is 57.9 Å². The van der Waals surface area contributed by atoms with Crippen molar-refractivity contribution in [3.63, 3.8) is 0 Å². The zero-order valence-electron chi connectivity index (χ0n) is 23.3. The summed E-state index contributed by atoms with van der Waals surface area (Å²) in [7, 11) is -3.66. The maximum atomic E-state index is 13.8. The van der Waals surface area contributed by atoms with Crippen molar-refractivity contribution in [2.24, 2.45) is 0 Å². The van der Waals surface area contributed by atoms with Crippen LogP contribution in [0.4, 0.5) is 5.13 Å². The van der Waals surface area contributed by atoms with Crippen LogP contribution in [0.2, 0.25) is 0 Å². The minimum atomic E-state index is -3.66. The van der Waals surface area contributed by atoms with Crippen molar-refractivity contribution in [1.29, 1.82) is 0 Å². The molecular formula is C29H37N5O4S2. The molecule has 0 aliphatic heterocycles. The lowest BCUT2D eigenvalue weighted by molar-refractivity contribution is 0.0985. The summed E-state index contributed by atoms with van der Waals surface area (Å²) < 4.78 is 36.8. The molecule has 4 rings (SSSR count). The standard InChI is InChI=1S/C29H37N5O4S2/c1-4-7-19-33(20-8-5-2)40(36,37)24-15-13-23(14-16-24)28(35)34(22-21-32-18-10-17-30-32)29-31-27-25(38-6-3)11-9-12-26(27)39-29/h9-18H,4-8,19-22H2,1-3H3. The van der Waals surface area contributed by atoms with Gasteiger partial charge < -0.3 is 4.74 Å². The van der Waals surface area contributed by atoms with Gasteiger partial charge in [0.15, 0.2) is 5.13 Å². The summed E-state index contributed by atoms with van der Waals surface area (Å²) in [5.41, 5.74) is 1.10. The normalized spacial score (nSPS) is 11.8. The molecule has 11 heteroatoms. The summed E-state index contributed by atoms with van der Waals surface area (Å²) in [5.74, 6) is 0.411. The van der Waals surface area contributed by atoms with E-state index in [0.717, 1.165) is 30.4 Å². The minimum absolute atomic E-state index is 0.195. The smallest absolute Gasteiger partial charge is 0.260 e. The second-order valence-electron chi connectivity index (χ2n) is 9.39. The van der Waals surface area contributed by atoms with E-state index in [1.165, 1.54) is 23.5 Å². The number of unbranched alkanes of at least 4 members (excludes halogenated alkanes) is 2. The number of rotatable bonds is 15. The first-order valence-electron chi connectivity index (χ1n) is 13.8. The molecule has 214 valence electrons. The van der Waals surface area contributed by atoms with E-state index >= 15 is 0 Å². The molecule has 2 aromatic heterocycles. The monoisotopic (exact) mass is 583 g/mol. The van der Waals surface area contributed by atoms with E-state index < -0.39 is 10.0 Å². The predicted molar refractivity (Wildman–Crippen MR) is 160 cm³/mol. The van der Waals surface area contributed by atoms with Crippen LogP contribution in [0.25, 0.3) is 10.2 Å². The summed E-state index contributed by atoms with van der Waals surface area (Å²) in [6.45, 7) is 8.32. The number of nitrogens with zero attached hydrogens (tertiary/aromatic N) is 5. The van der Waals surface area contributed by atoms with Crippen LogP contribution >= 0.6 is 11.3 Å². The van der Waals surface area contributed by atoms with E-state index in [-0.39, 0.29) is 10.8 Å². The SMILES string of the molecule is CCCCN(CCCC)S(=O)(=O)c1ccc(C(=O)N(CCn2cccn2)c2nc3c(OCC)cccc3s2)cc1. The summed E-state index contributed by atoms with van der Waals surface area (Å²) in [6, 6.07) is 13.8. The number of benzene rings is 2. The second-order valence-corrected chi connectivity index (χ2v) is 12.3. The highest BCUT2D eigenvalue weighted by Gasteiger charge is 2.26. The average molecular weight is 584 g/mol. The van der Waals surface area contributed by atoms with Crippen molar-refractivity contribution >= 4 is 42.6 Å². The van der Waals surface area contributed by atoms with E-state index in [0.29, 0.717) is 54.7 Å². The van der Waals surface area contributed by atoms with Gasteiger partial charge >= 0.3 is 0 Å². The Balaban J connectivity index is 1.63. The summed E-state index contributed by atoms with van der Waals surface area (Å²) in [5, 5.41) is 4.81. The van der Waals surface area contributed by atoms with E-state index in [4.69, 9.17) is 9.72 Å². The molecule has 0 aliphatic carbocycles. The Hall–Kier alpha value is -3.28. The Labute approximate surface area is 240 Å². The molecule has 0 N–H and O–H groups in total. The fourth-order valence-electron chi connectivity index (χ4n) is 4.31. The average Bonchev–Trinajstić information content (AvgIpc) is 3.64. The molecule has 9 nitrogen and oxygen atoms in total. The molecule has 2 heterocycles. The molecule has 0 saturated carbocycles. The van der Waals surface area contributed by atoms with Crippen molar-refractivity contribution in [1.82, 2.24) is 19.1 Å². The van der Waals surface area contributed by atoms with Crippen molar-refractivity contribution in [3.05, 3.63) is 66.5 Å². The number of carbonyl (C=O) groups excluding carboxylic acids is 1. The van der Waals surface area contributed by atoms with E-state index in [9.17, 15) is 13.2 Å². The fourth-order valence-corrected chi connectivity index (χ4v) is 6.84. The maximum Gasteiger partial charge on any atom is 0.260 e. The lowest BCUT2D eigenvalue weighted by Crippen LogP contribution is -2.34. The number of ether oxygens (including phenoxy) is 1. The number of sulfonamides is 1. The Bertz CT molecular complexity index is 1480. The molecule has 40 heavy (non-hydrogen) atoms. The van der Waals surface area contributed by atoms with Crippen LogP contribution < -0.4 is 9.64 Å². The molecule has 0 radical (unpaired) electrons. The number of hydrogen-bond donors (Lipinski definition) is 0. The molecule has 2 aromatic carbocycles. The number of anilines is 1. The first kappa shape index (κ1) is 29.7. The molecule has 0 aliphatic rings. The van der Waals surface area contributed by atoms with Crippen molar-refractivity contribution in [3.8, 4) is 5.75 Å². The molecule has 0 fully saturated rings. The van der Waals surface area contributed by atoms with Gasteiger partial charge in [0.1, 0.15) is 11.3 Å². The third-order valence-electron chi connectivity index (χ3n) is 6.52. The molecule has 0 spiro atoms. The van der Waals surface area contributed by atoms with Crippen LogP contribution in [0, 0.1) is 0 Å². The van der Waals surface area contributed by atoms with E-state index in [1.807, 2.05) is 51.2 Å².